The van der Waals surface area contributed by atoms with Crippen LogP contribution < -0.4 is 5.32 Å². The number of nitrogens with one attached hydrogen (secondary N) is 1. The second-order valence-electron chi connectivity index (χ2n) is 5.58. The van der Waals surface area contributed by atoms with E-state index in [1.807, 2.05) is 0 Å². The summed E-state index contributed by atoms with van der Waals surface area (Å²) in [4.78, 5) is 0. The minimum absolute atomic E-state index is 0.589. The molecular weight excluding hydrogens is 222 g/mol. The number of thioether (sulfide) groups is 2. The molecule has 88 valence electrons. The smallest absolute Gasteiger partial charge is 0.0263 e. The predicted octanol–water partition coefficient (Wildman–Crippen LogP) is 3.00. The molecule has 0 aromatic carbocycles. The van der Waals surface area contributed by atoms with E-state index in [2.05, 4.69) is 42.7 Å². The lowest BCUT2D eigenvalue weighted by atomic mass is 9.92. The van der Waals surface area contributed by atoms with E-state index in [0.29, 0.717) is 5.41 Å². The zero-order valence-electron chi connectivity index (χ0n) is 9.92. The van der Waals surface area contributed by atoms with Crippen LogP contribution in [0.4, 0.5) is 0 Å². The minimum Gasteiger partial charge on any atom is -0.313 e. The van der Waals surface area contributed by atoms with E-state index in [0.717, 1.165) is 11.3 Å². The average Bonchev–Trinajstić information content (AvgIpc) is 2.57. The van der Waals surface area contributed by atoms with Gasteiger partial charge in [0.25, 0.3) is 0 Å². The lowest BCUT2D eigenvalue weighted by Gasteiger charge is -2.24. The van der Waals surface area contributed by atoms with Crippen molar-refractivity contribution in [1.29, 1.82) is 0 Å². The van der Waals surface area contributed by atoms with E-state index in [1.165, 1.54) is 43.1 Å². The van der Waals surface area contributed by atoms with Crippen molar-refractivity contribution in [3.8, 4) is 0 Å². The minimum atomic E-state index is 0.589. The van der Waals surface area contributed by atoms with Crippen molar-refractivity contribution in [3.05, 3.63) is 0 Å². The van der Waals surface area contributed by atoms with Crippen LogP contribution in [0, 0.1) is 5.41 Å². The fourth-order valence-electron chi connectivity index (χ4n) is 2.56. The molecule has 0 aromatic rings. The maximum Gasteiger partial charge on any atom is 0.0263 e. The van der Waals surface area contributed by atoms with Gasteiger partial charge in [-0.15, -0.1) is 0 Å². The summed E-state index contributed by atoms with van der Waals surface area (Å²) in [6.07, 6.45) is 4.16. The van der Waals surface area contributed by atoms with Crippen molar-refractivity contribution in [2.45, 2.75) is 44.4 Å². The molecular formula is C12H23NS2. The van der Waals surface area contributed by atoms with Crippen LogP contribution in [0.25, 0.3) is 0 Å². The van der Waals surface area contributed by atoms with Gasteiger partial charge in [0.2, 0.25) is 0 Å². The Morgan fingerprint density at radius 2 is 2.20 bits per heavy atom. The fourth-order valence-corrected chi connectivity index (χ4v) is 5.19. The first kappa shape index (κ1) is 12.1. The molecule has 0 aromatic heterocycles. The Kier molecular flexibility index (Phi) is 4.31. The molecule has 0 amide bonds. The molecule has 1 saturated heterocycles. The third kappa shape index (κ3) is 3.86. The normalized spacial score (nSPS) is 35.6. The van der Waals surface area contributed by atoms with Gasteiger partial charge in [-0.3, -0.25) is 0 Å². The largest absolute Gasteiger partial charge is 0.313 e. The van der Waals surface area contributed by atoms with Crippen molar-refractivity contribution in [1.82, 2.24) is 5.32 Å². The van der Waals surface area contributed by atoms with Crippen LogP contribution in [-0.4, -0.2) is 35.1 Å². The van der Waals surface area contributed by atoms with E-state index in [4.69, 9.17) is 0 Å². The Bertz CT molecular complexity index is 200. The molecule has 2 aliphatic rings. The van der Waals surface area contributed by atoms with Crippen LogP contribution in [0.3, 0.4) is 0 Å². The van der Waals surface area contributed by atoms with Crippen LogP contribution >= 0.6 is 23.5 Å². The van der Waals surface area contributed by atoms with Gasteiger partial charge in [-0.2, -0.15) is 23.5 Å². The molecule has 0 radical (unpaired) electrons. The zero-order chi connectivity index (χ0) is 10.7. The van der Waals surface area contributed by atoms with Crippen molar-refractivity contribution in [2.75, 3.05) is 23.8 Å². The summed E-state index contributed by atoms with van der Waals surface area (Å²) in [5, 5.41) is 4.64. The monoisotopic (exact) mass is 245 g/mol. The summed E-state index contributed by atoms with van der Waals surface area (Å²) in [6.45, 7) is 6.04. The molecule has 2 fully saturated rings. The topological polar surface area (TPSA) is 12.0 Å². The summed E-state index contributed by atoms with van der Waals surface area (Å²) >= 11 is 4.29. The first-order chi connectivity index (χ1) is 7.16. The van der Waals surface area contributed by atoms with E-state index < -0.39 is 0 Å². The Labute approximate surface area is 103 Å². The van der Waals surface area contributed by atoms with E-state index in [9.17, 15) is 0 Å². The van der Waals surface area contributed by atoms with Crippen molar-refractivity contribution >= 4 is 23.5 Å². The Morgan fingerprint density at radius 3 is 2.80 bits per heavy atom. The maximum absolute atomic E-state index is 3.77. The van der Waals surface area contributed by atoms with Gasteiger partial charge in [0.1, 0.15) is 0 Å². The van der Waals surface area contributed by atoms with Crippen LogP contribution in [-0.2, 0) is 0 Å². The molecule has 2 rings (SSSR count). The van der Waals surface area contributed by atoms with Gasteiger partial charge in [0.05, 0.1) is 0 Å². The Morgan fingerprint density at radius 1 is 1.33 bits per heavy atom. The molecule has 1 aliphatic carbocycles. The van der Waals surface area contributed by atoms with Crippen molar-refractivity contribution in [2.24, 2.45) is 5.41 Å². The summed E-state index contributed by atoms with van der Waals surface area (Å²) in [7, 11) is 0. The Hall–Kier alpha value is 0.660. The fraction of sp³-hybridized carbons (Fsp3) is 1.00. The summed E-state index contributed by atoms with van der Waals surface area (Å²) < 4.78 is 0. The van der Waals surface area contributed by atoms with E-state index in [1.54, 1.807) is 0 Å². The third-order valence-electron chi connectivity index (χ3n) is 3.49. The first-order valence-corrected chi connectivity index (χ1v) is 8.29. The molecule has 3 heteroatoms. The van der Waals surface area contributed by atoms with E-state index in [-0.39, 0.29) is 0 Å². The highest BCUT2D eigenvalue weighted by Crippen LogP contribution is 2.37. The number of rotatable bonds is 3. The maximum atomic E-state index is 3.77. The third-order valence-corrected chi connectivity index (χ3v) is 6.33. The molecule has 1 saturated carbocycles. The summed E-state index contributed by atoms with van der Waals surface area (Å²) in [5.74, 6) is 4.07. The van der Waals surface area contributed by atoms with Crippen LogP contribution in [0.5, 0.6) is 0 Å². The van der Waals surface area contributed by atoms with Gasteiger partial charge in [-0.25, -0.2) is 0 Å². The number of hydrogen-bond acceptors (Lipinski definition) is 3. The van der Waals surface area contributed by atoms with Crippen LogP contribution in [0.15, 0.2) is 0 Å². The SMILES string of the molecule is CC1(C)CCC(NCC2CSCCS2)C1. The second kappa shape index (κ2) is 5.33. The Balaban J connectivity index is 1.65. The summed E-state index contributed by atoms with van der Waals surface area (Å²) in [6, 6.07) is 0.799. The lowest BCUT2D eigenvalue weighted by molar-refractivity contribution is 0.365. The molecule has 0 spiro atoms. The highest BCUT2D eigenvalue weighted by Gasteiger charge is 2.30. The molecule has 1 aliphatic heterocycles. The van der Waals surface area contributed by atoms with Gasteiger partial charge in [-0.05, 0) is 24.7 Å². The quantitative estimate of drug-likeness (QED) is 0.821. The molecule has 2 atom stereocenters. The van der Waals surface area contributed by atoms with Crippen LogP contribution in [0.2, 0.25) is 0 Å². The molecule has 1 N–H and O–H groups in total. The van der Waals surface area contributed by atoms with Gasteiger partial charge < -0.3 is 5.32 Å². The molecule has 2 unspecified atom stereocenters. The highest BCUT2D eigenvalue weighted by molar-refractivity contribution is 8.06. The van der Waals surface area contributed by atoms with Gasteiger partial charge in [0.15, 0.2) is 0 Å². The van der Waals surface area contributed by atoms with Gasteiger partial charge >= 0.3 is 0 Å². The zero-order valence-corrected chi connectivity index (χ0v) is 11.6. The molecule has 1 heterocycles. The van der Waals surface area contributed by atoms with Gasteiger partial charge in [-0.1, -0.05) is 13.8 Å². The lowest BCUT2D eigenvalue weighted by Crippen LogP contribution is -2.35. The van der Waals surface area contributed by atoms with Gasteiger partial charge in [0, 0.05) is 35.1 Å². The number of hydrogen-bond donors (Lipinski definition) is 1. The molecule has 1 nitrogen and oxygen atoms in total. The van der Waals surface area contributed by atoms with Crippen LogP contribution in [0.1, 0.15) is 33.1 Å². The van der Waals surface area contributed by atoms with E-state index >= 15 is 0 Å². The first-order valence-electron chi connectivity index (χ1n) is 6.08. The molecule has 15 heavy (non-hydrogen) atoms. The molecule has 0 bridgehead atoms. The second-order valence-corrected chi connectivity index (χ2v) is 8.14. The predicted molar refractivity (Wildman–Crippen MR) is 73.0 cm³/mol. The standard InChI is InChI=1S/C12H23NS2/c1-12(2)4-3-10(7-12)13-8-11-9-14-5-6-15-11/h10-11,13H,3-9H2,1-2H3. The van der Waals surface area contributed by atoms with Crippen molar-refractivity contribution in [3.63, 3.8) is 0 Å². The summed E-state index contributed by atoms with van der Waals surface area (Å²) in [5.41, 5.74) is 0.589. The average molecular weight is 245 g/mol. The highest BCUT2D eigenvalue weighted by atomic mass is 32.2. The van der Waals surface area contributed by atoms with Crippen molar-refractivity contribution < 1.29 is 0 Å².